The van der Waals surface area contributed by atoms with Crippen molar-refractivity contribution in [1.29, 1.82) is 0 Å². The van der Waals surface area contributed by atoms with Gasteiger partial charge in [-0.05, 0) is 19.3 Å². The lowest BCUT2D eigenvalue weighted by Gasteiger charge is -2.17. The zero-order valence-electron chi connectivity index (χ0n) is 7.44. The standard InChI is InChI=1S/C7H10F6O2/c8-6(9,10)4(14)2-1-3-5(15)7(11,12)13/h4-5,14-15H,1-3H2/t4-,5-/m0/s1. The van der Waals surface area contributed by atoms with Gasteiger partial charge in [-0.15, -0.1) is 0 Å². The molecule has 0 aromatic rings. The third kappa shape index (κ3) is 5.83. The molecule has 0 saturated heterocycles. The number of halogens is 6. The Morgan fingerprint density at radius 1 is 0.733 bits per heavy atom. The van der Waals surface area contributed by atoms with Gasteiger partial charge in [-0.2, -0.15) is 26.3 Å². The van der Waals surface area contributed by atoms with Gasteiger partial charge in [0, 0.05) is 0 Å². The van der Waals surface area contributed by atoms with E-state index >= 15 is 0 Å². The van der Waals surface area contributed by atoms with Gasteiger partial charge in [-0.25, -0.2) is 0 Å². The number of hydrogen-bond donors (Lipinski definition) is 2. The first-order chi connectivity index (χ1) is 6.55. The van der Waals surface area contributed by atoms with Crippen LogP contribution >= 0.6 is 0 Å². The van der Waals surface area contributed by atoms with Gasteiger partial charge in [-0.3, -0.25) is 0 Å². The second-order valence-electron chi connectivity index (χ2n) is 3.05. The van der Waals surface area contributed by atoms with E-state index in [1.165, 1.54) is 0 Å². The first-order valence-electron chi connectivity index (χ1n) is 4.04. The molecule has 0 aliphatic heterocycles. The van der Waals surface area contributed by atoms with Crippen LogP contribution in [0.1, 0.15) is 19.3 Å². The molecule has 92 valence electrons. The zero-order valence-corrected chi connectivity index (χ0v) is 7.44. The maximum Gasteiger partial charge on any atom is 0.414 e. The van der Waals surface area contributed by atoms with Gasteiger partial charge in [0.25, 0.3) is 0 Å². The van der Waals surface area contributed by atoms with Crippen molar-refractivity contribution in [1.82, 2.24) is 0 Å². The maximum absolute atomic E-state index is 11.7. The van der Waals surface area contributed by atoms with Gasteiger partial charge in [0.15, 0.2) is 0 Å². The van der Waals surface area contributed by atoms with Crippen LogP contribution in [0.5, 0.6) is 0 Å². The molecule has 2 nitrogen and oxygen atoms in total. The average Bonchev–Trinajstić information content (AvgIpc) is 2.00. The van der Waals surface area contributed by atoms with Gasteiger partial charge in [0.1, 0.15) is 12.2 Å². The Morgan fingerprint density at radius 2 is 1.00 bits per heavy atom. The molecule has 0 bridgehead atoms. The van der Waals surface area contributed by atoms with E-state index in [1.54, 1.807) is 0 Å². The second kappa shape index (κ2) is 5.02. The number of aliphatic hydroxyl groups excluding tert-OH is 2. The molecule has 0 aromatic heterocycles. The van der Waals surface area contributed by atoms with E-state index in [9.17, 15) is 26.3 Å². The topological polar surface area (TPSA) is 40.5 Å². The zero-order chi connectivity index (χ0) is 12.3. The molecule has 2 atom stereocenters. The minimum atomic E-state index is -4.83. The highest BCUT2D eigenvalue weighted by atomic mass is 19.4. The van der Waals surface area contributed by atoms with E-state index in [0.717, 1.165) is 0 Å². The van der Waals surface area contributed by atoms with Gasteiger partial charge in [0.05, 0.1) is 0 Å². The third-order valence-corrected chi connectivity index (χ3v) is 1.71. The van der Waals surface area contributed by atoms with Crippen LogP contribution in [-0.4, -0.2) is 34.8 Å². The summed E-state index contributed by atoms with van der Waals surface area (Å²) in [6, 6.07) is 0. The Bertz CT molecular complexity index is 167. The highest BCUT2D eigenvalue weighted by molar-refractivity contribution is 4.69. The molecular weight excluding hydrogens is 230 g/mol. The van der Waals surface area contributed by atoms with Crippen LogP contribution < -0.4 is 0 Å². The van der Waals surface area contributed by atoms with Crippen LogP contribution in [-0.2, 0) is 0 Å². The molecule has 0 heterocycles. The molecular formula is C7H10F6O2. The van der Waals surface area contributed by atoms with Gasteiger partial charge in [0.2, 0.25) is 0 Å². The summed E-state index contributed by atoms with van der Waals surface area (Å²) in [5.74, 6) is 0. The molecule has 15 heavy (non-hydrogen) atoms. The highest BCUT2D eigenvalue weighted by Crippen LogP contribution is 2.27. The fraction of sp³-hybridized carbons (Fsp3) is 1.00. The van der Waals surface area contributed by atoms with Crippen molar-refractivity contribution in [2.24, 2.45) is 0 Å². The van der Waals surface area contributed by atoms with Crippen LogP contribution in [0.2, 0.25) is 0 Å². The van der Waals surface area contributed by atoms with Crippen molar-refractivity contribution in [3.05, 3.63) is 0 Å². The van der Waals surface area contributed by atoms with Crippen LogP contribution in [0.3, 0.4) is 0 Å². The van der Waals surface area contributed by atoms with E-state index in [2.05, 4.69) is 0 Å². The Hall–Kier alpha value is -0.500. The third-order valence-electron chi connectivity index (χ3n) is 1.71. The van der Waals surface area contributed by atoms with Gasteiger partial charge < -0.3 is 10.2 Å². The molecule has 0 radical (unpaired) electrons. The molecule has 0 spiro atoms. The molecule has 0 rings (SSSR count). The van der Waals surface area contributed by atoms with Crippen LogP contribution in [0, 0.1) is 0 Å². The van der Waals surface area contributed by atoms with Crippen LogP contribution in [0.15, 0.2) is 0 Å². The van der Waals surface area contributed by atoms with Crippen molar-refractivity contribution in [3.8, 4) is 0 Å². The van der Waals surface area contributed by atoms with Crippen molar-refractivity contribution in [3.63, 3.8) is 0 Å². The number of alkyl halides is 6. The molecule has 0 aromatic carbocycles. The summed E-state index contributed by atoms with van der Waals surface area (Å²) in [5, 5.41) is 16.8. The molecule has 0 fully saturated rings. The maximum atomic E-state index is 11.7. The summed E-state index contributed by atoms with van der Waals surface area (Å²) in [7, 11) is 0. The van der Waals surface area contributed by atoms with Crippen molar-refractivity contribution in [2.45, 2.75) is 43.8 Å². The molecule has 2 N–H and O–H groups in total. The molecule has 8 heteroatoms. The molecule has 0 unspecified atom stereocenters. The summed E-state index contributed by atoms with van der Waals surface area (Å²) in [4.78, 5) is 0. The minimum absolute atomic E-state index is 0.554. The quantitative estimate of drug-likeness (QED) is 0.738. The lowest BCUT2D eigenvalue weighted by Crippen LogP contribution is -2.31. The summed E-state index contributed by atoms with van der Waals surface area (Å²) < 4.78 is 70.0. The van der Waals surface area contributed by atoms with E-state index in [-0.39, 0.29) is 0 Å². The largest absolute Gasteiger partial charge is 0.414 e. The predicted molar refractivity (Wildman–Crippen MR) is 38.0 cm³/mol. The summed E-state index contributed by atoms with van der Waals surface area (Å²) >= 11 is 0. The minimum Gasteiger partial charge on any atom is -0.384 e. The number of aliphatic hydroxyl groups is 2. The number of rotatable bonds is 4. The first kappa shape index (κ1) is 14.5. The van der Waals surface area contributed by atoms with Crippen molar-refractivity contribution in [2.75, 3.05) is 0 Å². The Labute approximate surface area is 81.5 Å². The average molecular weight is 240 g/mol. The highest BCUT2D eigenvalue weighted by Gasteiger charge is 2.40. The first-order valence-corrected chi connectivity index (χ1v) is 4.04. The fourth-order valence-corrected chi connectivity index (χ4v) is 0.832. The van der Waals surface area contributed by atoms with Gasteiger partial charge >= 0.3 is 12.4 Å². The summed E-state index contributed by atoms with van der Waals surface area (Å²) in [5.41, 5.74) is 0. The Balaban J connectivity index is 3.81. The molecule has 0 saturated carbocycles. The molecule has 0 amide bonds. The SMILES string of the molecule is O[C@@H](CCC[C@H](O)C(F)(F)F)C(F)(F)F. The second-order valence-corrected chi connectivity index (χ2v) is 3.05. The van der Waals surface area contributed by atoms with Crippen molar-refractivity contribution < 1.29 is 36.6 Å². The summed E-state index contributed by atoms with van der Waals surface area (Å²) in [6.07, 6.45) is -17.2. The van der Waals surface area contributed by atoms with E-state index in [0.29, 0.717) is 0 Å². The molecule has 0 aliphatic rings. The van der Waals surface area contributed by atoms with Crippen LogP contribution in [0.25, 0.3) is 0 Å². The van der Waals surface area contributed by atoms with E-state index in [4.69, 9.17) is 10.2 Å². The van der Waals surface area contributed by atoms with Gasteiger partial charge in [-0.1, -0.05) is 0 Å². The Morgan fingerprint density at radius 3 is 1.20 bits per heavy atom. The lowest BCUT2D eigenvalue weighted by molar-refractivity contribution is -0.213. The number of hydrogen-bond acceptors (Lipinski definition) is 2. The monoisotopic (exact) mass is 240 g/mol. The molecule has 0 aliphatic carbocycles. The predicted octanol–water partition coefficient (Wildman–Crippen LogP) is 2.00. The van der Waals surface area contributed by atoms with Crippen LogP contribution in [0.4, 0.5) is 26.3 Å². The normalized spacial score (nSPS) is 17.6. The Kier molecular flexibility index (Phi) is 4.85. The lowest BCUT2D eigenvalue weighted by atomic mass is 10.1. The fourth-order valence-electron chi connectivity index (χ4n) is 0.832. The smallest absolute Gasteiger partial charge is 0.384 e. The van der Waals surface area contributed by atoms with E-state index < -0.39 is 43.8 Å². The van der Waals surface area contributed by atoms with Crippen molar-refractivity contribution >= 4 is 0 Å². The summed E-state index contributed by atoms with van der Waals surface area (Å²) in [6.45, 7) is 0. The van der Waals surface area contributed by atoms with E-state index in [1.807, 2.05) is 0 Å².